The fraction of sp³-hybridized carbons (Fsp3) is 0.250. The molecule has 0 unspecified atom stereocenters. The summed E-state index contributed by atoms with van der Waals surface area (Å²) < 4.78 is 8.85. The maximum absolute atomic E-state index is 5.91. The molecule has 0 amide bonds. The van der Waals surface area contributed by atoms with E-state index in [4.69, 9.17) is 9.84 Å². The van der Waals surface area contributed by atoms with Crippen LogP contribution in [0.3, 0.4) is 0 Å². The van der Waals surface area contributed by atoms with Crippen molar-refractivity contribution in [2.24, 2.45) is 0 Å². The van der Waals surface area contributed by atoms with Crippen LogP contribution in [0.15, 0.2) is 71.3 Å². The third kappa shape index (κ3) is 4.40. The first-order valence-corrected chi connectivity index (χ1v) is 11.0. The van der Waals surface area contributed by atoms with Gasteiger partial charge in [0.1, 0.15) is 18.1 Å². The molecule has 6 heteroatoms. The lowest BCUT2D eigenvalue weighted by atomic mass is 10.1. The van der Waals surface area contributed by atoms with E-state index in [-0.39, 0.29) is 0 Å². The number of likely N-dealkylation sites (N-methyl/N-ethyl adjacent to an activating group) is 1. The molecule has 2 aromatic heterocycles. The molecule has 0 aliphatic carbocycles. The number of hydrogen-bond acceptors (Lipinski definition) is 4. The second-order valence-electron chi connectivity index (χ2n) is 7.01. The quantitative estimate of drug-likeness (QED) is 0.341. The third-order valence-electron chi connectivity index (χ3n) is 5.21. The number of nitrogens with zero attached hydrogens (tertiary/aromatic N) is 4. The van der Waals surface area contributed by atoms with Crippen LogP contribution < -0.4 is 4.74 Å². The van der Waals surface area contributed by atoms with Crippen LogP contribution >= 0.6 is 15.9 Å². The maximum atomic E-state index is 5.91. The van der Waals surface area contributed by atoms with Crippen molar-refractivity contribution in [3.8, 4) is 22.7 Å². The largest absolute Gasteiger partial charge is 0.492 e. The Hall–Kier alpha value is -2.70. The molecule has 0 saturated heterocycles. The number of fused-ring (bicyclic) bond motifs is 1. The third-order valence-corrected chi connectivity index (χ3v) is 5.74. The van der Waals surface area contributed by atoms with Crippen LogP contribution in [0.2, 0.25) is 0 Å². The fourth-order valence-corrected chi connectivity index (χ4v) is 3.73. The van der Waals surface area contributed by atoms with E-state index in [1.54, 1.807) is 6.20 Å². The van der Waals surface area contributed by atoms with Gasteiger partial charge in [-0.15, -0.1) is 0 Å². The molecule has 5 nitrogen and oxygen atoms in total. The van der Waals surface area contributed by atoms with E-state index in [1.165, 1.54) is 0 Å². The first-order valence-electron chi connectivity index (χ1n) is 10.2. The summed E-state index contributed by atoms with van der Waals surface area (Å²) in [7, 11) is 0. The summed E-state index contributed by atoms with van der Waals surface area (Å²) >= 11 is 3.50. The van der Waals surface area contributed by atoms with E-state index in [9.17, 15) is 0 Å². The minimum atomic E-state index is 0.682. The monoisotopic (exact) mass is 464 g/mol. The van der Waals surface area contributed by atoms with E-state index < -0.39 is 0 Å². The van der Waals surface area contributed by atoms with Gasteiger partial charge in [-0.1, -0.05) is 41.9 Å². The summed E-state index contributed by atoms with van der Waals surface area (Å²) in [4.78, 5) is 6.93. The van der Waals surface area contributed by atoms with Crippen molar-refractivity contribution in [2.45, 2.75) is 13.8 Å². The molecule has 0 atom stereocenters. The van der Waals surface area contributed by atoms with Gasteiger partial charge in [-0.3, -0.25) is 0 Å². The topological polar surface area (TPSA) is 43.2 Å². The molecule has 0 aliphatic rings. The van der Waals surface area contributed by atoms with Gasteiger partial charge in [0, 0.05) is 28.2 Å². The second kappa shape index (κ2) is 9.41. The molecule has 0 bridgehead atoms. The van der Waals surface area contributed by atoms with Gasteiger partial charge in [-0.05, 0) is 61.6 Å². The van der Waals surface area contributed by atoms with E-state index in [0.29, 0.717) is 6.61 Å². The Balaban J connectivity index is 1.60. The number of ether oxygens (including phenoxy) is 1. The summed E-state index contributed by atoms with van der Waals surface area (Å²) in [6.45, 7) is 8.03. The molecule has 2 heterocycles. The minimum absolute atomic E-state index is 0.682. The predicted molar refractivity (Wildman–Crippen MR) is 125 cm³/mol. The number of benzene rings is 2. The van der Waals surface area contributed by atoms with Crippen molar-refractivity contribution < 1.29 is 4.74 Å². The summed E-state index contributed by atoms with van der Waals surface area (Å²) in [6.07, 6.45) is 1.80. The van der Waals surface area contributed by atoms with Crippen LogP contribution in [-0.2, 0) is 0 Å². The zero-order valence-corrected chi connectivity index (χ0v) is 18.8. The van der Waals surface area contributed by atoms with Gasteiger partial charge in [0.05, 0.1) is 5.69 Å². The Bertz CT molecular complexity index is 1100. The highest BCUT2D eigenvalue weighted by atomic mass is 79.9. The maximum Gasteiger partial charge on any atom is 0.163 e. The van der Waals surface area contributed by atoms with E-state index in [0.717, 1.165) is 57.8 Å². The molecule has 0 radical (unpaired) electrons. The zero-order valence-electron chi connectivity index (χ0n) is 17.3. The zero-order chi connectivity index (χ0) is 20.9. The first-order chi connectivity index (χ1) is 14.7. The van der Waals surface area contributed by atoms with Crippen molar-refractivity contribution in [3.05, 3.63) is 71.3 Å². The van der Waals surface area contributed by atoms with Crippen LogP contribution in [0.1, 0.15) is 13.8 Å². The molecule has 0 N–H and O–H groups in total. The van der Waals surface area contributed by atoms with Crippen LogP contribution in [0.5, 0.6) is 5.75 Å². The lowest BCUT2D eigenvalue weighted by Gasteiger charge is -2.18. The standard InChI is InChI=1S/C24H25BrN4O/c1-3-28(4-2)16-17-30-21-13-11-20(12-14-21)29-24-22(6-5-15-26-24)23(27-29)18-7-9-19(25)10-8-18/h5-15H,3-4,16-17H2,1-2H3. The van der Waals surface area contributed by atoms with Crippen molar-refractivity contribution >= 4 is 27.0 Å². The van der Waals surface area contributed by atoms with Gasteiger partial charge in [0.2, 0.25) is 0 Å². The molecule has 30 heavy (non-hydrogen) atoms. The van der Waals surface area contributed by atoms with Crippen molar-refractivity contribution in [1.29, 1.82) is 0 Å². The Morgan fingerprint density at radius 3 is 2.40 bits per heavy atom. The molecule has 0 saturated carbocycles. The lowest BCUT2D eigenvalue weighted by molar-refractivity contribution is 0.223. The molecule has 4 aromatic rings. The second-order valence-corrected chi connectivity index (χ2v) is 7.93. The highest BCUT2D eigenvalue weighted by Crippen LogP contribution is 2.29. The van der Waals surface area contributed by atoms with Crippen molar-refractivity contribution in [1.82, 2.24) is 19.7 Å². The van der Waals surface area contributed by atoms with E-state index in [2.05, 4.69) is 57.9 Å². The molecule has 2 aromatic carbocycles. The highest BCUT2D eigenvalue weighted by Gasteiger charge is 2.14. The van der Waals surface area contributed by atoms with Crippen molar-refractivity contribution in [3.63, 3.8) is 0 Å². The number of pyridine rings is 1. The average molecular weight is 465 g/mol. The lowest BCUT2D eigenvalue weighted by Crippen LogP contribution is -2.27. The van der Waals surface area contributed by atoms with E-state index >= 15 is 0 Å². The number of rotatable bonds is 8. The molecule has 0 spiro atoms. The van der Waals surface area contributed by atoms with Crippen LogP contribution in [0.4, 0.5) is 0 Å². The van der Waals surface area contributed by atoms with Gasteiger partial charge in [-0.2, -0.15) is 5.10 Å². The average Bonchev–Trinajstić information content (AvgIpc) is 3.17. The van der Waals surface area contributed by atoms with Gasteiger partial charge < -0.3 is 9.64 Å². The van der Waals surface area contributed by atoms with Gasteiger partial charge in [0.15, 0.2) is 5.65 Å². The molecule has 0 aliphatic heterocycles. The Morgan fingerprint density at radius 1 is 0.967 bits per heavy atom. The molecule has 154 valence electrons. The molecular weight excluding hydrogens is 440 g/mol. The van der Waals surface area contributed by atoms with E-state index in [1.807, 2.05) is 47.1 Å². The van der Waals surface area contributed by atoms with Crippen LogP contribution in [0, 0.1) is 0 Å². The normalized spacial score (nSPS) is 11.3. The Labute approximate surface area is 185 Å². The van der Waals surface area contributed by atoms with Crippen LogP contribution in [0.25, 0.3) is 28.0 Å². The number of halogens is 1. The van der Waals surface area contributed by atoms with Gasteiger partial charge >= 0.3 is 0 Å². The smallest absolute Gasteiger partial charge is 0.163 e. The number of aromatic nitrogens is 3. The molecule has 0 fully saturated rings. The predicted octanol–water partition coefficient (Wildman–Crippen LogP) is 5.57. The number of hydrogen-bond donors (Lipinski definition) is 0. The van der Waals surface area contributed by atoms with Gasteiger partial charge in [0.25, 0.3) is 0 Å². The van der Waals surface area contributed by atoms with Crippen LogP contribution in [-0.4, -0.2) is 45.9 Å². The Morgan fingerprint density at radius 2 is 1.70 bits per heavy atom. The molecular formula is C24H25BrN4O. The van der Waals surface area contributed by atoms with Crippen molar-refractivity contribution in [2.75, 3.05) is 26.2 Å². The SMILES string of the molecule is CCN(CC)CCOc1ccc(-n2nc(-c3ccc(Br)cc3)c3cccnc32)cc1. The summed E-state index contributed by atoms with van der Waals surface area (Å²) in [5.74, 6) is 0.864. The fourth-order valence-electron chi connectivity index (χ4n) is 3.47. The summed E-state index contributed by atoms with van der Waals surface area (Å²) in [6, 6.07) is 20.2. The molecule has 4 rings (SSSR count). The highest BCUT2D eigenvalue weighted by molar-refractivity contribution is 9.10. The first kappa shape index (κ1) is 20.6. The summed E-state index contributed by atoms with van der Waals surface area (Å²) in [5, 5.41) is 5.92. The Kier molecular flexibility index (Phi) is 6.45. The van der Waals surface area contributed by atoms with Gasteiger partial charge in [-0.25, -0.2) is 9.67 Å². The summed E-state index contributed by atoms with van der Waals surface area (Å²) in [5.41, 5.74) is 3.78. The minimum Gasteiger partial charge on any atom is -0.492 e.